The van der Waals surface area contributed by atoms with Crippen LogP contribution in [0.4, 0.5) is 5.69 Å². The number of rotatable bonds is 3. The van der Waals surface area contributed by atoms with Gasteiger partial charge in [-0.3, -0.25) is 9.78 Å². The summed E-state index contributed by atoms with van der Waals surface area (Å²) < 4.78 is 5.53. The molecule has 2 heterocycles. The van der Waals surface area contributed by atoms with Gasteiger partial charge in [0.15, 0.2) is 6.10 Å². The van der Waals surface area contributed by atoms with Crippen molar-refractivity contribution < 1.29 is 14.3 Å². The van der Waals surface area contributed by atoms with E-state index < -0.39 is 12.1 Å². The first kappa shape index (κ1) is 17.2. The molecule has 136 valence electrons. The van der Waals surface area contributed by atoms with Crippen LogP contribution in [-0.2, 0) is 16.0 Å². The van der Waals surface area contributed by atoms with Crippen molar-refractivity contribution >= 4 is 28.5 Å². The standard InChI is InChI=1S/C22H20N2O3/c1-14-13-18(17-8-4-5-9-19(17)23-14)22(26)27-15(2)21(25)24-12-11-16-7-3-6-10-20(16)24/h3-10,13,15H,11-12H2,1-2H3/t15-/m0/s1. The lowest BCUT2D eigenvalue weighted by Crippen LogP contribution is -2.39. The van der Waals surface area contributed by atoms with E-state index in [1.165, 1.54) is 0 Å². The fraction of sp³-hybridized carbons (Fsp3) is 0.227. The Morgan fingerprint density at radius 2 is 1.85 bits per heavy atom. The number of anilines is 1. The average Bonchev–Trinajstić information content (AvgIpc) is 3.10. The maximum Gasteiger partial charge on any atom is 0.339 e. The molecule has 3 aromatic rings. The molecule has 0 saturated heterocycles. The zero-order chi connectivity index (χ0) is 19.0. The van der Waals surface area contributed by atoms with Crippen LogP contribution in [0.3, 0.4) is 0 Å². The summed E-state index contributed by atoms with van der Waals surface area (Å²) in [5.74, 6) is -0.714. The number of para-hydroxylation sites is 2. The van der Waals surface area contributed by atoms with Crippen molar-refractivity contribution in [1.29, 1.82) is 0 Å². The SMILES string of the molecule is Cc1cc(C(=O)O[C@@H](C)C(=O)N2CCc3ccccc32)c2ccccc2n1. The van der Waals surface area contributed by atoms with Crippen molar-refractivity contribution in [1.82, 2.24) is 4.98 Å². The number of benzene rings is 2. The molecule has 5 heteroatoms. The average molecular weight is 360 g/mol. The van der Waals surface area contributed by atoms with Crippen LogP contribution in [0.25, 0.3) is 10.9 Å². The zero-order valence-corrected chi connectivity index (χ0v) is 15.3. The summed E-state index contributed by atoms with van der Waals surface area (Å²) in [6, 6.07) is 16.9. The quantitative estimate of drug-likeness (QED) is 0.669. The molecule has 0 aliphatic carbocycles. The number of carbonyl (C=O) groups is 2. The number of hydrogen-bond acceptors (Lipinski definition) is 4. The third kappa shape index (κ3) is 3.16. The van der Waals surface area contributed by atoms with E-state index in [2.05, 4.69) is 4.98 Å². The maximum absolute atomic E-state index is 12.8. The van der Waals surface area contributed by atoms with Gasteiger partial charge in [0.25, 0.3) is 5.91 Å². The summed E-state index contributed by atoms with van der Waals surface area (Å²) in [4.78, 5) is 31.7. The first-order chi connectivity index (χ1) is 13.0. The molecule has 0 saturated carbocycles. The van der Waals surface area contributed by atoms with Crippen LogP contribution < -0.4 is 4.90 Å². The number of ether oxygens (including phenoxy) is 1. The zero-order valence-electron chi connectivity index (χ0n) is 15.3. The molecule has 1 aromatic heterocycles. The highest BCUT2D eigenvalue weighted by molar-refractivity contribution is 6.05. The molecule has 0 fully saturated rings. The van der Waals surface area contributed by atoms with Crippen molar-refractivity contribution in [2.75, 3.05) is 11.4 Å². The van der Waals surface area contributed by atoms with E-state index in [0.29, 0.717) is 12.1 Å². The highest BCUT2D eigenvalue weighted by atomic mass is 16.5. The maximum atomic E-state index is 12.8. The molecule has 1 aliphatic rings. The lowest BCUT2D eigenvalue weighted by molar-refractivity contribution is -0.126. The monoisotopic (exact) mass is 360 g/mol. The van der Waals surface area contributed by atoms with E-state index in [4.69, 9.17) is 4.74 Å². The summed E-state index contributed by atoms with van der Waals surface area (Å²) >= 11 is 0. The molecular formula is C22H20N2O3. The van der Waals surface area contributed by atoms with Gasteiger partial charge in [-0.05, 0) is 44.0 Å². The van der Waals surface area contributed by atoms with Gasteiger partial charge in [-0.15, -0.1) is 0 Å². The van der Waals surface area contributed by atoms with Crippen LogP contribution in [0.2, 0.25) is 0 Å². The second kappa shape index (κ2) is 6.83. The first-order valence-corrected chi connectivity index (χ1v) is 9.01. The predicted molar refractivity (Wildman–Crippen MR) is 104 cm³/mol. The molecule has 5 nitrogen and oxygen atoms in total. The van der Waals surface area contributed by atoms with Gasteiger partial charge < -0.3 is 9.64 Å². The highest BCUT2D eigenvalue weighted by Crippen LogP contribution is 2.28. The second-order valence-electron chi connectivity index (χ2n) is 6.74. The van der Waals surface area contributed by atoms with E-state index in [0.717, 1.165) is 34.3 Å². The Morgan fingerprint density at radius 3 is 2.70 bits per heavy atom. The molecule has 1 atom stereocenters. The Hall–Kier alpha value is -3.21. The minimum absolute atomic E-state index is 0.205. The number of carbonyl (C=O) groups excluding carboxylic acids is 2. The van der Waals surface area contributed by atoms with Crippen molar-refractivity contribution in [3.05, 3.63) is 71.4 Å². The van der Waals surface area contributed by atoms with Gasteiger partial charge >= 0.3 is 5.97 Å². The van der Waals surface area contributed by atoms with Crippen LogP contribution in [0.5, 0.6) is 0 Å². The number of aromatic nitrogens is 1. The first-order valence-electron chi connectivity index (χ1n) is 9.01. The Balaban J connectivity index is 1.56. The van der Waals surface area contributed by atoms with Crippen molar-refractivity contribution in [3.63, 3.8) is 0 Å². The van der Waals surface area contributed by atoms with E-state index in [1.807, 2.05) is 55.5 Å². The van der Waals surface area contributed by atoms with Gasteiger partial charge in [0, 0.05) is 23.3 Å². The molecule has 2 aromatic carbocycles. The number of hydrogen-bond donors (Lipinski definition) is 0. The third-order valence-corrected chi connectivity index (χ3v) is 4.85. The van der Waals surface area contributed by atoms with Gasteiger partial charge in [0.1, 0.15) is 0 Å². The Morgan fingerprint density at radius 1 is 1.11 bits per heavy atom. The summed E-state index contributed by atoms with van der Waals surface area (Å²) in [7, 11) is 0. The minimum atomic E-state index is -0.865. The smallest absolute Gasteiger partial charge is 0.339 e. The molecule has 0 N–H and O–H groups in total. The van der Waals surface area contributed by atoms with Crippen LogP contribution in [-0.4, -0.2) is 29.5 Å². The molecule has 0 unspecified atom stereocenters. The van der Waals surface area contributed by atoms with Crippen LogP contribution in [0.15, 0.2) is 54.6 Å². The topological polar surface area (TPSA) is 59.5 Å². The van der Waals surface area contributed by atoms with Gasteiger partial charge in [-0.25, -0.2) is 4.79 Å². The molecule has 1 aliphatic heterocycles. The van der Waals surface area contributed by atoms with Gasteiger partial charge in [0.2, 0.25) is 0 Å². The van der Waals surface area contributed by atoms with E-state index >= 15 is 0 Å². The molecule has 27 heavy (non-hydrogen) atoms. The van der Waals surface area contributed by atoms with Crippen molar-refractivity contribution in [2.24, 2.45) is 0 Å². The molecular weight excluding hydrogens is 340 g/mol. The highest BCUT2D eigenvalue weighted by Gasteiger charge is 2.30. The summed E-state index contributed by atoms with van der Waals surface area (Å²) in [5.41, 5.74) is 3.93. The molecule has 0 radical (unpaired) electrons. The van der Waals surface area contributed by atoms with Crippen LogP contribution >= 0.6 is 0 Å². The van der Waals surface area contributed by atoms with Crippen LogP contribution in [0, 0.1) is 6.92 Å². The summed E-state index contributed by atoms with van der Waals surface area (Å²) in [6.07, 6.45) is -0.0487. The Labute approximate surface area is 157 Å². The third-order valence-electron chi connectivity index (χ3n) is 4.85. The summed E-state index contributed by atoms with van der Waals surface area (Å²) in [6.45, 7) is 4.06. The van der Waals surface area contributed by atoms with Crippen molar-refractivity contribution in [2.45, 2.75) is 26.4 Å². The fourth-order valence-electron chi connectivity index (χ4n) is 3.54. The number of nitrogens with zero attached hydrogens (tertiary/aromatic N) is 2. The Kier molecular flexibility index (Phi) is 4.36. The van der Waals surface area contributed by atoms with E-state index in [9.17, 15) is 9.59 Å². The largest absolute Gasteiger partial charge is 0.449 e. The molecule has 1 amide bonds. The number of aryl methyl sites for hydroxylation is 1. The van der Waals surface area contributed by atoms with E-state index in [1.54, 1.807) is 17.9 Å². The number of fused-ring (bicyclic) bond motifs is 2. The van der Waals surface area contributed by atoms with Crippen LogP contribution in [0.1, 0.15) is 28.5 Å². The predicted octanol–water partition coefficient (Wildman–Crippen LogP) is 3.68. The number of amides is 1. The molecule has 0 bridgehead atoms. The molecule has 0 spiro atoms. The fourth-order valence-corrected chi connectivity index (χ4v) is 3.54. The molecule has 4 rings (SSSR count). The Bertz CT molecular complexity index is 1040. The van der Waals surface area contributed by atoms with Gasteiger partial charge in [0.05, 0.1) is 11.1 Å². The number of esters is 1. The van der Waals surface area contributed by atoms with Gasteiger partial charge in [-0.1, -0.05) is 36.4 Å². The normalized spacial score (nSPS) is 14.1. The minimum Gasteiger partial charge on any atom is -0.449 e. The van der Waals surface area contributed by atoms with Crippen molar-refractivity contribution in [3.8, 4) is 0 Å². The summed E-state index contributed by atoms with van der Waals surface area (Å²) in [5, 5.41) is 0.722. The van der Waals surface area contributed by atoms with E-state index in [-0.39, 0.29) is 5.91 Å². The number of pyridine rings is 1. The second-order valence-corrected chi connectivity index (χ2v) is 6.74. The van der Waals surface area contributed by atoms with Gasteiger partial charge in [-0.2, -0.15) is 0 Å². The lowest BCUT2D eigenvalue weighted by atomic mass is 10.1. The lowest BCUT2D eigenvalue weighted by Gasteiger charge is -2.22.